The molecule has 0 fully saturated rings. The molecule has 5 amide bonds. The molecule has 0 saturated heterocycles. The Kier molecular flexibility index (Phi) is 15.4. The highest BCUT2D eigenvalue weighted by molar-refractivity contribution is 6.12. The van der Waals surface area contributed by atoms with Gasteiger partial charge in [0.1, 0.15) is 31.8 Å². The number of fused-ring (bicyclic) bond motifs is 5. The first-order chi connectivity index (χ1) is 30.0. The highest BCUT2D eigenvalue weighted by Gasteiger charge is 2.35. The summed E-state index contributed by atoms with van der Waals surface area (Å²) in [5, 5.41) is 32.9. The van der Waals surface area contributed by atoms with E-state index in [-0.39, 0.29) is 79.7 Å². The number of amides is 5. The molecule has 2 aromatic rings. The van der Waals surface area contributed by atoms with Gasteiger partial charge in [0.05, 0.1) is 41.4 Å². The van der Waals surface area contributed by atoms with Crippen LogP contribution < -0.4 is 37.4 Å². The van der Waals surface area contributed by atoms with Gasteiger partial charge in [0.2, 0.25) is 17.7 Å². The summed E-state index contributed by atoms with van der Waals surface area (Å²) in [6.45, 7) is 7.24. The van der Waals surface area contributed by atoms with Gasteiger partial charge in [0.15, 0.2) is 6.10 Å². The number of unbranched alkanes of at least 4 members (excludes halogenated alkanes) is 3. The number of aliphatic hydroxyl groups excluding tert-OH is 2. The molecule has 0 saturated carbocycles. The summed E-state index contributed by atoms with van der Waals surface area (Å²) in [5.41, 5.74) is 2.68. The number of hydrogen-bond donors (Lipinski definition) is 6. The molecule has 1 aliphatic carbocycles. The zero-order chi connectivity index (χ0) is 45.5. The van der Waals surface area contributed by atoms with Crippen molar-refractivity contribution in [1.29, 1.82) is 0 Å². The van der Waals surface area contributed by atoms with Gasteiger partial charge in [-0.2, -0.15) is 0 Å². The first-order valence-electron chi connectivity index (χ1n) is 21.5. The van der Waals surface area contributed by atoms with Gasteiger partial charge < -0.3 is 40.2 Å². The lowest BCUT2D eigenvalue weighted by atomic mass is 9.86. The molecule has 19 heteroatoms. The molecule has 0 radical (unpaired) electrons. The maximum atomic E-state index is 15.3. The monoisotopic (exact) mass is 877 g/mol. The fraction of sp³-hybridized carbons (Fsp3) is 0.545. The summed E-state index contributed by atoms with van der Waals surface area (Å²) in [5.74, 6) is -3.48. The molecule has 6 rings (SSSR count). The summed E-state index contributed by atoms with van der Waals surface area (Å²) in [7, 11) is 0. The van der Waals surface area contributed by atoms with Crippen LogP contribution in [0, 0.1) is 11.8 Å². The number of nitrogens with zero attached hydrogens (tertiary/aromatic N) is 3. The topological polar surface area (TPSA) is 248 Å². The number of carbonyl (C=O) groups is 6. The van der Waals surface area contributed by atoms with Crippen LogP contribution in [0.25, 0.3) is 23.0 Å². The van der Waals surface area contributed by atoms with E-state index in [1.54, 1.807) is 19.9 Å². The Morgan fingerprint density at radius 2 is 1.75 bits per heavy atom. The normalized spacial score (nSPS) is 20.0. The fourth-order valence-electron chi connectivity index (χ4n) is 8.12. The third-order valence-corrected chi connectivity index (χ3v) is 11.8. The van der Waals surface area contributed by atoms with Gasteiger partial charge in [0, 0.05) is 48.8 Å². The third-order valence-electron chi connectivity index (χ3n) is 11.8. The van der Waals surface area contributed by atoms with Crippen molar-refractivity contribution in [2.24, 2.45) is 11.8 Å². The van der Waals surface area contributed by atoms with Crippen molar-refractivity contribution in [3.8, 4) is 11.4 Å². The number of halogens is 1. The molecule has 340 valence electrons. The van der Waals surface area contributed by atoms with Crippen LogP contribution in [0.1, 0.15) is 95.4 Å². The minimum Gasteiger partial charge on any atom is -0.458 e. The molecular formula is C44H56FN7O11. The molecule has 5 heterocycles. The minimum absolute atomic E-state index is 0.105. The van der Waals surface area contributed by atoms with Crippen LogP contribution >= 0.6 is 0 Å². The molecule has 6 atom stereocenters. The Balaban J connectivity index is 0.902. The van der Waals surface area contributed by atoms with Crippen molar-refractivity contribution < 1.29 is 52.8 Å². The molecular weight excluding hydrogens is 822 g/mol. The van der Waals surface area contributed by atoms with E-state index in [1.165, 1.54) is 29.7 Å². The van der Waals surface area contributed by atoms with Crippen LogP contribution in [-0.4, -0.2) is 111 Å². The van der Waals surface area contributed by atoms with Gasteiger partial charge in [-0.25, -0.2) is 14.2 Å². The van der Waals surface area contributed by atoms with Gasteiger partial charge in [-0.15, -0.1) is 0 Å². The quantitative estimate of drug-likeness (QED) is 0.0345. The van der Waals surface area contributed by atoms with E-state index in [0.717, 1.165) is 21.3 Å². The number of nitrogens with one attached hydrogen (secondary N) is 4. The lowest BCUT2D eigenvalue weighted by Crippen LogP contribution is -2.57. The van der Waals surface area contributed by atoms with Gasteiger partial charge in [-0.1, -0.05) is 32.8 Å². The maximum Gasteiger partial charge on any atom is 0.340 e. The van der Waals surface area contributed by atoms with Gasteiger partial charge in [-0.05, 0) is 68.4 Å². The summed E-state index contributed by atoms with van der Waals surface area (Å²) in [6.07, 6.45) is 3.58. The van der Waals surface area contributed by atoms with Gasteiger partial charge >= 0.3 is 5.97 Å². The van der Waals surface area contributed by atoms with E-state index < -0.39 is 54.3 Å². The average Bonchev–Trinajstić information content (AvgIpc) is 3.77. The Labute approximate surface area is 363 Å². The van der Waals surface area contributed by atoms with Crippen molar-refractivity contribution in [3.05, 3.63) is 61.9 Å². The number of imide groups is 1. The molecule has 3 aliphatic heterocycles. The predicted octanol–water partition coefficient (Wildman–Crippen LogP) is -0.419. The van der Waals surface area contributed by atoms with E-state index >= 15 is 4.39 Å². The van der Waals surface area contributed by atoms with Gasteiger partial charge in [-0.3, -0.25) is 39.0 Å². The number of alkyl halides is 1. The first-order valence-corrected chi connectivity index (χ1v) is 21.5. The lowest BCUT2D eigenvalue weighted by Gasteiger charge is -2.26. The number of cyclic esters (lactones) is 1. The lowest BCUT2D eigenvalue weighted by molar-refractivity contribution is -0.157. The number of pyridine rings is 2. The summed E-state index contributed by atoms with van der Waals surface area (Å²) in [6, 6.07) is 1.74. The van der Waals surface area contributed by atoms with Crippen LogP contribution in [0.2, 0.25) is 0 Å². The number of ether oxygens (including phenoxy) is 2. The van der Waals surface area contributed by atoms with E-state index in [1.807, 2.05) is 13.0 Å². The molecule has 0 spiro atoms. The second-order valence-electron chi connectivity index (χ2n) is 16.7. The number of aliphatic hydroxyl groups is 2. The highest BCUT2D eigenvalue weighted by Crippen LogP contribution is 2.33. The number of esters is 1. The summed E-state index contributed by atoms with van der Waals surface area (Å²) in [4.78, 5) is 92.7. The Bertz CT molecular complexity index is 2330. The Morgan fingerprint density at radius 3 is 2.48 bits per heavy atom. The number of carbonyl (C=O) groups excluding carboxylic acids is 6. The summed E-state index contributed by atoms with van der Waals surface area (Å²) >= 11 is 0. The third kappa shape index (κ3) is 10.9. The van der Waals surface area contributed by atoms with Crippen LogP contribution in [0.15, 0.2) is 29.1 Å². The standard InChI is InChI=1S/C44H56FN7O11/c1-23(2)38(50-35(54)19-46-34(53)11-6-5-8-14-51-36(55)12-13-37(51)56)42(59)48-25(4)41(58)47-22-62-15-9-7-10-27-24(3)31(45)18-32-28(27)16-26-20-52-33(39(26)49-32)17-29-30(43(52)60)21-63-44(61)40(29)57/h12-13,16-18,23-25,31,35,38,40,50,54,57H,5-11,14-15,19-22H2,1-4H3,(H,46,53)(H,47,58)(H,48,59)/t24?,25-,31?,35?,38?,40-/m0/s1. The van der Waals surface area contributed by atoms with Crippen molar-refractivity contribution in [3.63, 3.8) is 0 Å². The minimum atomic E-state index is -1.57. The molecule has 6 N–H and O–H groups in total. The molecule has 4 unspecified atom stereocenters. The fourth-order valence-corrected chi connectivity index (χ4v) is 8.12. The van der Waals surface area contributed by atoms with E-state index in [4.69, 9.17) is 14.5 Å². The zero-order valence-electron chi connectivity index (χ0n) is 35.9. The largest absolute Gasteiger partial charge is 0.458 e. The van der Waals surface area contributed by atoms with E-state index in [2.05, 4.69) is 21.3 Å². The first kappa shape index (κ1) is 46.9. The van der Waals surface area contributed by atoms with Crippen molar-refractivity contribution in [2.75, 3.05) is 26.4 Å². The molecule has 4 aliphatic rings. The average molecular weight is 878 g/mol. The van der Waals surface area contributed by atoms with Crippen LogP contribution in [-0.2, 0) is 51.4 Å². The molecule has 18 nitrogen and oxygen atoms in total. The van der Waals surface area contributed by atoms with Crippen molar-refractivity contribution in [1.82, 2.24) is 35.7 Å². The molecule has 0 aromatic carbocycles. The predicted molar refractivity (Wildman–Crippen MR) is 224 cm³/mol. The molecule has 63 heavy (non-hydrogen) atoms. The van der Waals surface area contributed by atoms with Crippen molar-refractivity contribution >= 4 is 47.2 Å². The Morgan fingerprint density at radius 1 is 1.00 bits per heavy atom. The molecule has 0 bridgehead atoms. The summed E-state index contributed by atoms with van der Waals surface area (Å²) < 4.78 is 27.5. The number of aromatic nitrogens is 2. The maximum absolute atomic E-state index is 15.3. The number of hydrogen-bond acceptors (Lipinski definition) is 13. The number of rotatable bonds is 21. The SMILES string of the molecule is CC(C)C(NC(O)CNC(=O)CCCCCN1C(=O)C=CC1=O)C(=O)N[C@@H](C)C(=O)NCOCCCCC1=c2cc3c(nc2=CC(F)C1C)-c1cc2c(c(=O)n1C3)COC(=O)[C@H]2O. The Hall–Kier alpha value is -5.63. The second-order valence-corrected chi connectivity index (χ2v) is 16.7. The molecule has 2 aromatic heterocycles. The van der Waals surface area contributed by atoms with Crippen LogP contribution in [0.5, 0.6) is 0 Å². The van der Waals surface area contributed by atoms with E-state index in [0.29, 0.717) is 61.9 Å². The van der Waals surface area contributed by atoms with Crippen LogP contribution in [0.3, 0.4) is 0 Å². The smallest absolute Gasteiger partial charge is 0.340 e. The van der Waals surface area contributed by atoms with Crippen LogP contribution in [0.4, 0.5) is 4.39 Å². The van der Waals surface area contributed by atoms with Gasteiger partial charge in [0.25, 0.3) is 17.4 Å². The van der Waals surface area contributed by atoms with E-state index in [9.17, 15) is 43.8 Å². The van der Waals surface area contributed by atoms with Crippen molar-refractivity contribution in [2.45, 2.75) is 116 Å². The second kappa shape index (κ2) is 20.7. The zero-order valence-corrected chi connectivity index (χ0v) is 35.9. The highest BCUT2D eigenvalue weighted by atomic mass is 19.1.